The van der Waals surface area contributed by atoms with E-state index in [0.717, 1.165) is 22.2 Å². The first kappa shape index (κ1) is 17.5. The Kier molecular flexibility index (Phi) is 4.79. The monoisotopic (exact) mass is 393 g/mol. The minimum absolute atomic E-state index is 0.115. The van der Waals surface area contributed by atoms with E-state index in [2.05, 4.69) is 10.6 Å². The van der Waals surface area contributed by atoms with Crippen molar-refractivity contribution in [2.24, 2.45) is 0 Å². The first-order valence-corrected chi connectivity index (χ1v) is 9.50. The summed E-state index contributed by atoms with van der Waals surface area (Å²) in [5, 5.41) is 6.48. The van der Waals surface area contributed by atoms with Crippen molar-refractivity contribution in [3.05, 3.63) is 71.3 Å². The lowest BCUT2D eigenvalue weighted by Crippen LogP contribution is -2.18. The number of aromatic nitrogens is 1. The van der Waals surface area contributed by atoms with Crippen LogP contribution in [-0.2, 0) is 16.1 Å². The van der Waals surface area contributed by atoms with Gasteiger partial charge in [0.1, 0.15) is 10.9 Å². The average Bonchev–Trinajstić information content (AvgIpc) is 3.16. The van der Waals surface area contributed by atoms with Crippen molar-refractivity contribution < 1.29 is 9.59 Å². The first-order valence-electron chi connectivity index (χ1n) is 8.28. The second-order valence-electron chi connectivity index (χ2n) is 6.00. The van der Waals surface area contributed by atoms with Crippen molar-refractivity contribution in [3.8, 4) is 0 Å². The van der Waals surface area contributed by atoms with Gasteiger partial charge in [0.25, 0.3) is 5.91 Å². The van der Waals surface area contributed by atoms with E-state index in [9.17, 15) is 9.59 Å². The van der Waals surface area contributed by atoms with Crippen LogP contribution in [0.1, 0.15) is 5.56 Å². The highest BCUT2D eigenvalue weighted by atomic mass is 32.2. The number of para-hydroxylation sites is 2. The fourth-order valence-corrected chi connectivity index (χ4v) is 4.00. The van der Waals surface area contributed by atoms with Gasteiger partial charge in [-0.2, -0.15) is 0 Å². The molecule has 2 heterocycles. The van der Waals surface area contributed by atoms with Gasteiger partial charge >= 0.3 is 0 Å². The zero-order valence-corrected chi connectivity index (χ0v) is 15.8. The number of fused-ring (bicyclic) bond motifs is 1. The molecule has 27 heavy (non-hydrogen) atoms. The summed E-state index contributed by atoms with van der Waals surface area (Å²) in [7, 11) is 0. The highest BCUT2D eigenvalue weighted by Crippen LogP contribution is 2.29. The number of benzene rings is 2. The van der Waals surface area contributed by atoms with Crippen molar-refractivity contribution in [1.82, 2.24) is 9.88 Å². The first-order chi connectivity index (χ1) is 13.1. The molecular formula is C20H15N3O2S2. The summed E-state index contributed by atoms with van der Waals surface area (Å²) in [5.74, 6) is -0.307. The van der Waals surface area contributed by atoms with E-state index in [0.29, 0.717) is 9.23 Å². The van der Waals surface area contributed by atoms with E-state index in [-0.39, 0.29) is 18.4 Å². The van der Waals surface area contributed by atoms with Gasteiger partial charge in [-0.05, 0) is 24.3 Å². The third-order valence-electron chi connectivity index (χ3n) is 4.12. The number of hydrogen-bond donors (Lipinski definition) is 2. The van der Waals surface area contributed by atoms with Gasteiger partial charge in [-0.25, -0.2) is 0 Å². The maximum Gasteiger partial charge on any atom is 0.263 e. The number of carbonyl (C=O) groups excluding carboxylic acids is 2. The van der Waals surface area contributed by atoms with Gasteiger partial charge in [0.15, 0.2) is 0 Å². The lowest BCUT2D eigenvalue weighted by Gasteiger charge is -2.07. The Hall–Kier alpha value is -2.90. The Morgan fingerprint density at radius 2 is 1.89 bits per heavy atom. The van der Waals surface area contributed by atoms with Crippen LogP contribution in [0.4, 0.5) is 5.69 Å². The van der Waals surface area contributed by atoms with Crippen molar-refractivity contribution >= 4 is 62.8 Å². The summed E-state index contributed by atoms with van der Waals surface area (Å²) >= 11 is 6.29. The molecule has 0 bridgehead atoms. The Morgan fingerprint density at radius 3 is 2.63 bits per heavy atom. The second-order valence-corrected chi connectivity index (χ2v) is 7.71. The molecule has 0 saturated carbocycles. The van der Waals surface area contributed by atoms with Crippen LogP contribution in [0.5, 0.6) is 0 Å². The number of thiocarbonyl (C=S) groups is 1. The molecule has 134 valence electrons. The van der Waals surface area contributed by atoms with E-state index in [1.807, 2.05) is 71.4 Å². The maximum atomic E-state index is 12.4. The van der Waals surface area contributed by atoms with Crippen molar-refractivity contribution in [1.29, 1.82) is 0 Å². The van der Waals surface area contributed by atoms with E-state index >= 15 is 0 Å². The Balaban J connectivity index is 1.64. The Morgan fingerprint density at radius 1 is 1.15 bits per heavy atom. The molecule has 4 rings (SSSR count). The summed E-state index contributed by atoms with van der Waals surface area (Å²) in [6.07, 6.45) is 3.70. The predicted octanol–water partition coefficient (Wildman–Crippen LogP) is 3.77. The number of carbonyl (C=O) groups is 2. The maximum absolute atomic E-state index is 12.4. The number of amides is 2. The third kappa shape index (κ3) is 3.79. The summed E-state index contributed by atoms with van der Waals surface area (Å²) < 4.78 is 2.34. The highest BCUT2D eigenvalue weighted by Gasteiger charge is 2.22. The van der Waals surface area contributed by atoms with Crippen molar-refractivity contribution in [3.63, 3.8) is 0 Å². The number of anilines is 1. The second kappa shape index (κ2) is 7.38. The van der Waals surface area contributed by atoms with Gasteiger partial charge in [-0.3, -0.25) is 9.59 Å². The normalized spacial score (nSPS) is 15.3. The average molecular weight is 393 g/mol. The molecule has 1 saturated heterocycles. The Labute approximate surface area is 165 Å². The number of hydrogen-bond acceptors (Lipinski definition) is 4. The van der Waals surface area contributed by atoms with Crippen LogP contribution >= 0.6 is 24.0 Å². The predicted molar refractivity (Wildman–Crippen MR) is 113 cm³/mol. The van der Waals surface area contributed by atoms with E-state index in [4.69, 9.17) is 12.2 Å². The van der Waals surface area contributed by atoms with Crippen LogP contribution in [0.2, 0.25) is 0 Å². The van der Waals surface area contributed by atoms with Gasteiger partial charge in [-0.1, -0.05) is 60.4 Å². The van der Waals surface area contributed by atoms with Gasteiger partial charge in [-0.15, -0.1) is 0 Å². The Bertz CT molecular complexity index is 1090. The van der Waals surface area contributed by atoms with Crippen LogP contribution in [-0.4, -0.2) is 20.7 Å². The SMILES string of the molecule is O=C(Cn1cc(C=C2SC(=S)NC2=O)c2ccccc21)Nc1ccccc1. The number of nitrogens with one attached hydrogen (secondary N) is 2. The fraction of sp³-hybridized carbons (Fsp3) is 0.0500. The highest BCUT2D eigenvalue weighted by molar-refractivity contribution is 8.26. The lowest BCUT2D eigenvalue weighted by molar-refractivity contribution is -0.117. The number of thioether (sulfide) groups is 1. The van der Waals surface area contributed by atoms with Gasteiger partial charge < -0.3 is 15.2 Å². The topological polar surface area (TPSA) is 63.1 Å². The summed E-state index contributed by atoms with van der Waals surface area (Å²) in [4.78, 5) is 24.9. The van der Waals surface area contributed by atoms with Crippen LogP contribution in [0.15, 0.2) is 65.7 Å². The van der Waals surface area contributed by atoms with E-state index < -0.39 is 0 Å². The minimum Gasteiger partial charge on any atom is -0.337 e. The molecule has 1 fully saturated rings. The fourth-order valence-electron chi connectivity index (χ4n) is 2.96. The van der Waals surface area contributed by atoms with E-state index in [1.54, 1.807) is 0 Å². The lowest BCUT2D eigenvalue weighted by atomic mass is 10.1. The molecule has 0 atom stereocenters. The molecule has 2 N–H and O–H groups in total. The van der Waals surface area contributed by atoms with Crippen LogP contribution in [0.25, 0.3) is 17.0 Å². The minimum atomic E-state index is -0.191. The van der Waals surface area contributed by atoms with Crippen molar-refractivity contribution in [2.45, 2.75) is 6.54 Å². The molecule has 2 aromatic carbocycles. The summed E-state index contributed by atoms with van der Waals surface area (Å²) in [5.41, 5.74) is 2.56. The molecule has 3 aromatic rings. The zero-order chi connectivity index (χ0) is 18.8. The zero-order valence-electron chi connectivity index (χ0n) is 14.1. The molecule has 0 aliphatic carbocycles. The third-order valence-corrected chi connectivity index (χ3v) is 5.28. The molecule has 1 aliphatic rings. The van der Waals surface area contributed by atoms with Gasteiger partial charge in [0.05, 0.1) is 4.91 Å². The quantitative estimate of drug-likeness (QED) is 0.523. The molecule has 0 radical (unpaired) electrons. The molecule has 2 amide bonds. The molecule has 1 aromatic heterocycles. The number of rotatable bonds is 4. The molecule has 0 unspecified atom stereocenters. The van der Waals surface area contributed by atoms with Crippen molar-refractivity contribution in [2.75, 3.05) is 5.32 Å². The van der Waals surface area contributed by atoms with Crippen LogP contribution in [0, 0.1) is 0 Å². The molecule has 1 aliphatic heterocycles. The number of nitrogens with zero attached hydrogens (tertiary/aromatic N) is 1. The summed E-state index contributed by atoms with van der Waals surface area (Å²) in [6.45, 7) is 0.177. The summed E-state index contributed by atoms with van der Waals surface area (Å²) in [6, 6.07) is 17.1. The van der Waals surface area contributed by atoms with Crippen LogP contribution < -0.4 is 10.6 Å². The van der Waals surface area contributed by atoms with Gasteiger partial charge in [0, 0.05) is 28.4 Å². The van der Waals surface area contributed by atoms with Crippen LogP contribution in [0.3, 0.4) is 0 Å². The standard InChI is InChI=1S/C20H15N3O2S2/c24-18(21-14-6-2-1-3-7-14)12-23-11-13(15-8-4-5-9-16(15)23)10-17-19(25)22-20(26)27-17/h1-11H,12H2,(H,21,24)(H,22,25,26). The molecule has 0 spiro atoms. The molecule has 7 heteroatoms. The smallest absolute Gasteiger partial charge is 0.263 e. The van der Waals surface area contributed by atoms with E-state index in [1.165, 1.54) is 11.8 Å². The molecular weight excluding hydrogens is 378 g/mol. The largest absolute Gasteiger partial charge is 0.337 e. The van der Waals surface area contributed by atoms with Gasteiger partial charge in [0.2, 0.25) is 5.91 Å². The molecule has 5 nitrogen and oxygen atoms in total.